The molecule has 0 saturated carbocycles. The van der Waals surface area contributed by atoms with Crippen LogP contribution < -0.4 is 0 Å². The van der Waals surface area contributed by atoms with Crippen LogP contribution >= 0.6 is 0 Å². The zero-order valence-electron chi connectivity index (χ0n) is 19.1. The molecule has 0 amide bonds. The smallest absolute Gasteiger partial charge is 0.332 e. The summed E-state index contributed by atoms with van der Waals surface area (Å²) in [5, 5.41) is 19.3. The van der Waals surface area contributed by atoms with Crippen molar-refractivity contribution < 1.29 is 57.6 Å². The third-order valence-electron chi connectivity index (χ3n) is 4.66. The Kier molecular flexibility index (Phi) is 11.7. The first-order valence-electron chi connectivity index (χ1n) is 10.6. The predicted octanol–water partition coefficient (Wildman–Crippen LogP) is -0.813. The van der Waals surface area contributed by atoms with Crippen molar-refractivity contribution in [3.63, 3.8) is 0 Å². The fourth-order valence-corrected chi connectivity index (χ4v) is 3.26. The van der Waals surface area contributed by atoms with Gasteiger partial charge in [-0.3, -0.25) is 0 Å². The van der Waals surface area contributed by atoms with E-state index in [9.17, 15) is 15.0 Å². The third-order valence-corrected chi connectivity index (χ3v) is 4.66. The first-order valence-corrected chi connectivity index (χ1v) is 10.6. The fraction of sp³-hybridized carbons (Fsp3) is 0.950. The first-order chi connectivity index (χ1) is 15.3. The Labute approximate surface area is 187 Å². The highest BCUT2D eigenvalue weighted by atomic mass is 16.8. The SMILES string of the molecule is COCCOCCOCC(=O)OCCOC(C)O[C@@H]1[C@H]2OC(C)(C)O[C@H]2O[C@@H]1C(O)CO. The number of hydrogen-bond donors (Lipinski definition) is 2. The van der Waals surface area contributed by atoms with E-state index in [0.29, 0.717) is 19.8 Å². The second-order valence-electron chi connectivity index (χ2n) is 7.74. The van der Waals surface area contributed by atoms with Crippen LogP contribution in [0, 0.1) is 0 Å². The average molecular weight is 468 g/mol. The summed E-state index contributed by atoms with van der Waals surface area (Å²) in [6.07, 6.45) is -4.76. The molecule has 2 fully saturated rings. The highest BCUT2D eigenvalue weighted by Gasteiger charge is 2.57. The zero-order chi connectivity index (χ0) is 23.6. The molecular formula is C20H36O12. The minimum Gasteiger partial charge on any atom is -0.462 e. The number of carbonyl (C=O) groups is 1. The maximum absolute atomic E-state index is 11.6. The monoisotopic (exact) mass is 468 g/mol. The second-order valence-corrected chi connectivity index (χ2v) is 7.74. The predicted molar refractivity (Wildman–Crippen MR) is 107 cm³/mol. The number of aliphatic hydroxyl groups excluding tert-OH is 2. The van der Waals surface area contributed by atoms with E-state index < -0.39 is 55.4 Å². The van der Waals surface area contributed by atoms with E-state index in [1.54, 1.807) is 27.9 Å². The summed E-state index contributed by atoms with van der Waals surface area (Å²) < 4.78 is 48.8. The van der Waals surface area contributed by atoms with Gasteiger partial charge in [-0.2, -0.15) is 0 Å². The van der Waals surface area contributed by atoms with Crippen LogP contribution in [0.5, 0.6) is 0 Å². The number of aliphatic hydroxyl groups is 2. The lowest BCUT2D eigenvalue weighted by atomic mass is 10.1. The normalized spacial score (nSPS) is 28.4. The third kappa shape index (κ3) is 8.78. The molecule has 6 atom stereocenters. The van der Waals surface area contributed by atoms with Gasteiger partial charge < -0.3 is 52.8 Å². The highest BCUT2D eigenvalue weighted by molar-refractivity contribution is 5.70. The van der Waals surface area contributed by atoms with E-state index in [1.807, 2.05) is 0 Å². The van der Waals surface area contributed by atoms with Gasteiger partial charge in [0, 0.05) is 7.11 Å². The molecule has 2 heterocycles. The number of carbonyl (C=O) groups excluding carboxylic acids is 1. The van der Waals surface area contributed by atoms with E-state index in [2.05, 4.69) is 0 Å². The maximum Gasteiger partial charge on any atom is 0.332 e. The number of fused-ring (bicyclic) bond motifs is 1. The topological polar surface area (TPSA) is 141 Å². The van der Waals surface area contributed by atoms with E-state index >= 15 is 0 Å². The van der Waals surface area contributed by atoms with Gasteiger partial charge in [0.25, 0.3) is 0 Å². The van der Waals surface area contributed by atoms with E-state index in [-0.39, 0.29) is 26.4 Å². The van der Waals surface area contributed by atoms with Crippen molar-refractivity contribution in [2.45, 2.75) is 63.6 Å². The molecule has 0 aliphatic carbocycles. The van der Waals surface area contributed by atoms with Crippen LogP contribution in [-0.2, 0) is 47.4 Å². The standard InChI is InChI=1S/C20H36O12/c1-13(27-9-10-28-15(23)12-26-8-7-25-6-5-24-4)29-17-16(14(22)11-21)30-19-18(17)31-20(2,3)32-19/h13-14,16-19,21-22H,5-12H2,1-4H3/t13?,14?,16-,17+,18-,19-/m1/s1. The molecule has 12 heteroatoms. The van der Waals surface area contributed by atoms with Crippen LogP contribution in [0.4, 0.5) is 0 Å². The van der Waals surface area contributed by atoms with Gasteiger partial charge in [-0.25, -0.2) is 4.79 Å². The van der Waals surface area contributed by atoms with Gasteiger partial charge in [-0.1, -0.05) is 0 Å². The Bertz CT molecular complexity index is 545. The molecule has 0 aromatic carbocycles. The molecule has 0 spiro atoms. The summed E-state index contributed by atoms with van der Waals surface area (Å²) in [6, 6.07) is 0. The Morgan fingerprint density at radius 2 is 1.78 bits per heavy atom. The Hall–Kier alpha value is -0.930. The number of rotatable bonds is 16. The summed E-state index contributed by atoms with van der Waals surface area (Å²) in [7, 11) is 1.59. The average Bonchev–Trinajstić information content (AvgIpc) is 3.22. The number of esters is 1. The van der Waals surface area contributed by atoms with Gasteiger partial charge in [-0.05, 0) is 20.8 Å². The molecule has 0 radical (unpaired) electrons. The molecule has 2 N–H and O–H groups in total. The van der Waals surface area contributed by atoms with E-state index in [1.165, 1.54) is 0 Å². The van der Waals surface area contributed by atoms with Crippen molar-refractivity contribution in [2.75, 3.05) is 60.0 Å². The van der Waals surface area contributed by atoms with Gasteiger partial charge in [-0.15, -0.1) is 0 Å². The quantitative estimate of drug-likeness (QED) is 0.166. The molecule has 0 bridgehead atoms. The van der Waals surface area contributed by atoms with Crippen LogP contribution in [0.25, 0.3) is 0 Å². The Morgan fingerprint density at radius 1 is 1.06 bits per heavy atom. The number of hydrogen-bond acceptors (Lipinski definition) is 12. The summed E-state index contributed by atoms with van der Waals surface area (Å²) in [5.41, 5.74) is 0. The molecule has 0 aromatic heterocycles. The van der Waals surface area contributed by atoms with Gasteiger partial charge in [0.15, 0.2) is 18.4 Å². The molecule has 188 valence electrons. The minimum atomic E-state index is -1.17. The maximum atomic E-state index is 11.6. The van der Waals surface area contributed by atoms with E-state index in [4.69, 9.17) is 42.6 Å². The van der Waals surface area contributed by atoms with Crippen LogP contribution in [0.2, 0.25) is 0 Å². The fourth-order valence-electron chi connectivity index (χ4n) is 3.26. The van der Waals surface area contributed by atoms with Gasteiger partial charge in [0.05, 0.1) is 39.6 Å². The lowest BCUT2D eigenvalue weighted by molar-refractivity contribution is -0.250. The van der Waals surface area contributed by atoms with Crippen LogP contribution in [0.1, 0.15) is 20.8 Å². The van der Waals surface area contributed by atoms with Crippen molar-refractivity contribution in [3.8, 4) is 0 Å². The van der Waals surface area contributed by atoms with Crippen LogP contribution in [-0.4, -0.2) is 119 Å². The molecule has 32 heavy (non-hydrogen) atoms. The Balaban J connectivity index is 1.63. The number of methoxy groups -OCH3 is 1. The summed E-state index contributed by atoms with van der Waals surface area (Å²) in [5.74, 6) is -1.38. The molecule has 2 aliphatic heterocycles. The largest absolute Gasteiger partial charge is 0.462 e. The molecule has 2 unspecified atom stereocenters. The van der Waals surface area contributed by atoms with Crippen LogP contribution in [0.3, 0.4) is 0 Å². The first kappa shape index (κ1) is 27.3. The minimum absolute atomic E-state index is 0.0167. The van der Waals surface area contributed by atoms with Crippen molar-refractivity contribution in [2.24, 2.45) is 0 Å². The second kappa shape index (κ2) is 13.7. The molecular weight excluding hydrogens is 432 g/mol. The molecule has 2 saturated heterocycles. The van der Waals surface area contributed by atoms with Crippen LogP contribution in [0.15, 0.2) is 0 Å². The van der Waals surface area contributed by atoms with E-state index in [0.717, 1.165) is 0 Å². The van der Waals surface area contributed by atoms with Gasteiger partial charge in [0.2, 0.25) is 0 Å². The zero-order valence-corrected chi connectivity index (χ0v) is 19.1. The highest BCUT2D eigenvalue weighted by Crippen LogP contribution is 2.40. The lowest BCUT2D eigenvalue weighted by Crippen LogP contribution is -2.45. The number of ether oxygens (including phenoxy) is 9. The molecule has 12 nitrogen and oxygen atoms in total. The van der Waals surface area contributed by atoms with Gasteiger partial charge in [0.1, 0.15) is 37.6 Å². The van der Waals surface area contributed by atoms with Crippen molar-refractivity contribution >= 4 is 5.97 Å². The summed E-state index contributed by atoms with van der Waals surface area (Å²) >= 11 is 0. The van der Waals surface area contributed by atoms with Crippen molar-refractivity contribution in [1.82, 2.24) is 0 Å². The lowest BCUT2D eigenvalue weighted by Gasteiger charge is -2.29. The molecule has 0 aromatic rings. The van der Waals surface area contributed by atoms with Crippen molar-refractivity contribution in [1.29, 1.82) is 0 Å². The summed E-state index contributed by atoms with van der Waals surface area (Å²) in [4.78, 5) is 11.6. The Morgan fingerprint density at radius 3 is 2.50 bits per heavy atom. The summed E-state index contributed by atoms with van der Waals surface area (Å²) in [6.45, 7) is 6.17. The molecule has 2 aliphatic rings. The van der Waals surface area contributed by atoms with Crippen molar-refractivity contribution in [3.05, 3.63) is 0 Å². The molecule has 2 rings (SSSR count). The van der Waals surface area contributed by atoms with Gasteiger partial charge >= 0.3 is 5.97 Å².